The average Bonchev–Trinajstić information content (AvgIpc) is 1.98. The molecule has 0 unspecified atom stereocenters. The van der Waals surface area contributed by atoms with E-state index in [2.05, 4.69) is 127 Å². The summed E-state index contributed by atoms with van der Waals surface area (Å²) in [7, 11) is 0. The van der Waals surface area contributed by atoms with Crippen molar-refractivity contribution in [3.63, 3.8) is 0 Å². The van der Waals surface area contributed by atoms with Gasteiger partial charge >= 0.3 is 0 Å². The molecule has 0 atom stereocenters. The number of hydrogen-bond acceptors (Lipinski definition) is 0. The van der Waals surface area contributed by atoms with Crippen molar-refractivity contribution in [3.05, 3.63) is 12.2 Å². The summed E-state index contributed by atoms with van der Waals surface area (Å²) in [6.07, 6.45) is 3.97. The molecular weight excluding hydrogens is 711 g/mol. The third-order valence-electron chi connectivity index (χ3n) is 1.73. The second-order valence-electron chi connectivity index (χ2n) is 2.73. The zero-order chi connectivity index (χ0) is 11.4. The van der Waals surface area contributed by atoms with Crippen LogP contribution in [0.25, 0.3) is 0 Å². The maximum absolute atomic E-state index is 3.63. The molecule has 1 rings (SSSR count). The van der Waals surface area contributed by atoms with E-state index in [4.69, 9.17) is 0 Å². The summed E-state index contributed by atoms with van der Waals surface area (Å²) in [4.78, 5) is 0. The van der Waals surface area contributed by atoms with Gasteiger partial charge in [-0.1, -0.05) is 140 Å². The molecule has 14 heavy (non-hydrogen) atoms. The highest BCUT2D eigenvalue weighted by Crippen LogP contribution is 2.69. The Kier molecular flexibility index (Phi) is 5.14. The molecule has 0 aliphatic heterocycles. The second kappa shape index (κ2) is 4.60. The van der Waals surface area contributed by atoms with Crippen molar-refractivity contribution in [2.45, 2.75) is 12.9 Å². The SMILES string of the molecule is BrC1(Br)C=CC(Br)(Br)C(Br)(Br)C1(Br)Br. The van der Waals surface area contributed by atoms with Gasteiger partial charge in [0.2, 0.25) is 0 Å². The van der Waals surface area contributed by atoms with E-state index >= 15 is 0 Å². The summed E-state index contributed by atoms with van der Waals surface area (Å²) in [5.74, 6) is 0. The molecule has 1 aliphatic carbocycles. The fourth-order valence-electron chi connectivity index (χ4n) is 0.837. The lowest BCUT2D eigenvalue weighted by Crippen LogP contribution is -2.57. The summed E-state index contributed by atoms with van der Waals surface area (Å²) in [6, 6.07) is 0. The zero-order valence-corrected chi connectivity index (χ0v) is 18.9. The maximum Gasteiger partial charge on any atom is 0.136 e. The Labute approximate surface area is 150 Å². The van der Waals surface area contributed by atoms with E-state index < -0.39 is 12.9 Å². The van der Waals surface area contributed by atoms with Gasteiger partial charge < -0.3 is 0 Å². The van der Waals surface area contributed by atoms with Crippen molar-refractivity contribution >= 4 is 127 Å². The molecule has 82 valence electrons. The molecular formula is C6H2Br8. The molecule has 1 aliphatic rings. The van der Waals surface area contributed by atoms with Crippen LogP contribution in [0.15, 0.2) is 12.2 Å². The first-order valence-electron chi connectivity index (χ1n) is 3.17. The molecule has 0 saturated heterocycles. The van der Waals surface area contributed by atoms with E-state index in [-0.39, 0.29) is 0 Å². The average molecular weight is 713 g/mol. The van der Waals surface area contributed by atoms with Crippen LogP contribution in [-0.4, -0.2) is 12.9 Å². The fraction of sp³-hybridized carbons (Fsp3) is 0.667. The molecule has 0 radical (unpaired) electrons. The Bertz CT molecular complexity index is 248. The van der Waals surface area contributed by atoms with Crippen molar-refractivity contribution in [2.24, 2.45) is 0 Å². The van der Waals surface area contributed by atoms with Crippen LogP contribution in [0.5, 0.6) is 0 Å². The van der Waals surface area contributed by atoms with Crippen LogP contribution in [0, 0.1) is 0 Å². The normalized spacial score (nSPS) is 31.4. The highest BCUT2D eigenvalue weighted by atomic mass is 79.9. The number of halogens is 8. The number of allylic oxidation sites excluding steroid dienone is 2. The van der Waals surface area contributed by atoms with Gasteiger partial charge in [0.15, 0.2) is 0 Å². The predicted octanol–water partition coefficient (Wildman–Crippen LogP) is 6.50. The largest absolute Gasteiger partial charge is 0.136 e. The van der Waals surface area contributed by atoms with Crippen LogP contribution in [-0.2, 0) is 0 Å². The molecule has 0 spiro atoms. The van der Waals surface area contributed by atoms with E-state index in [0.29, 0.717) is 0 Å². The Balaban J connectivity index is 3.36. The van der Waals surface area contributed by atoms with Gasteiger partial charge in [-0.2, -0.15) is 0 Å². The van der Waals surface area contributed by atoms with Crippen LogP contribution >= 0.6 is 127 Å². The molecule has 0 heterocycles. The smallest absolute Gasteiger partial charge is 0.0672 e. The van der Waals surface area contributed by atoms with Crippen LogP contribution in [0.1, 0.15) is 0 Å². The Hall–Kier alpha value is 3.58. The molecule has 0 bridgehead atoms. The first-order chi connectivity index (χ1) is 5.96. The van der Waals surface area contributed by atoms with Gasteiger partial charge in [-0.15, -0.1) is 0 Å². The van der Waals surface area contributed by atoms with Crippen molar-refractivity contribution in [1.82, 2.24) is 0 Å². The Morgan fingerprint density at radius 2 is 0.714 bits per heavy atom. The van der Waals surface area contributed by atoms with E-state index in [0.717, 1.165) is 0 Å². The van der Waals surface area contributed by atoms with Gasteiger partial charge in [-0.25, -0.2) is 0 Å². The molecule has 0 fully saturated rings. The van der Waals surface area contributed by atoms with Gasteiger partial charge in [-0.3, -0.25) is 0 Å². The van der Waals surface area contributed by atoms with Crippen LogP contribution in [0.2, 0.25) is 0 Å². The molecule has 0 amide bonds. The number of hydrogen-bond donors (Lipinski definition) is 0. The number of alkyl halides is 8. The lowest BCUT2D eigenvalue weighted by atomic mass is 10.1. The minimum absolute atomic E-state index is 0.412. The van der Waals surface area contributed by atoms with Gasteiger partial charge in [-0.05, 0) is 0 Å². The molecule has 0 nitrogen and oxygen atoms in total. The minimum atomic E-state index is -0.484. The lowest BCUT2D eigenvalue weighted by molar-refractivity contribution is 0.716. The van der Waals surface area contributed by atoms with Gasteiger partial charge in [0.1, 0.15) is 12.9 Å². The quantitative estimate of drug-likeness (QED) is 0.199. The summed E-state index contributed by atoms with van der Waals surface area (Å²) in [5.41, 5.74) is 0. The Morgan fingerprint density at radius 1 is 0.500 bits per heavy atom. The van der Waals surface area contributed by atoms with Crippen molar-refractivity contribution < 1.29 is 0 Å². The molecule has 8 heteroatoms. The fourth-order valence-corrected chi connectivity index (χ4v) is 6.46. The molecule has 0 aromatic carbocycles. The lowest BCUT2D eigenvalue weighted by Gasteiger charge is -2.50. The monoisotopic (exact) mass is 705 g/mol. The van der Waals surface area contributed by atoms with Crippen molar-refractivity contribution in [2.75, 3.05) is 0 Å². The number of rotatable bonds is 0. The molecule has 0 N–H and O–H groups in total. The third-order valence-corrected chi connectivity index (χ3v) is 16.4. The van der Waals surface area contributed by atoms with Crippen molar-refractivity contribution in [3.8, 4) is 0 Å². The van der Waals surface area contributed by atoms with Gasteiger partial charge in [0.25, 0.3) is 0 Å². The predicted molar refractivity (Wildman–Crippen MR) is 91.5 cm³/mol. The van der Waals surface area contributed by atoms with Crippen molar-refractivity contribution in [1.29, 1.82) is 0 Å². The molecule has 0 aromatic rings. The summed E-state index contributed by atoms with van der Waals surface area (Å²) >= 11 is 28.8. The second-order valence-corrected chi connectivity index (χ2v) is 16.7. The van der Waals surface area contributed by atoms with E-state index in [1.165, 1.54) is 0 Å². The van der Waals surface area contributed by atoms with E-state index in [9.17, 15) is 0 Å². The first kappa shape index (κ1) is 15.6. The first-order valence-corrected chi connectivity index (χ1v) is 9.52. The zero-order valence-electron chi connectivity index (χ0n) is 6.18. The third kappa shape index (κ3) is 2.35. The topological polar surface area (TPSA) is 0 Å². The van der Waals surface area contributed by atoms with Crippen LogP contribution in [0.3, 0.4) is 0 Å². The minimum Gasteiger partial charge on any atom is -0.0672 e. The van der Waals surface area contributed by atoms with Gasteiger partial charge in [0, 0.05) is 0 Å². The van der Waals surface area contributed by atoms with E-state index in [1.807, 2.05) is 12.2 Å². The van der Waals surface area contributed by atoms with Crippen LogP contribution in [0.4, 0.5) is 0 Å². The highest BCUT2D eigenvalue weighted by Gasteiger charge is 2.66. The molecule has 0 aromatic heterocycles. The summed E-state index contributed by atoms with van der Waals surface area (Å²) in [5, 5.41) is 0. The summed E-state index contributed by atoms with van der Waals surface area (Å²) < 4.78 is -1.79. The van der Waals surface area contributed by atoms with E-state index in [1.54, 1.807) is 0 Å². The summed E-state index contributed by atoms with van der Waals surface area (Å²) in [6.45, 7) is 0. The van der Waals surface area contributed by atoms with Gasteiger partial charge in [0.05, 0.1) is 0 Å². The Morgan fingerprint density at radius 3 is 0.929 bits per heavy atom. The highest BCUT2D eigenvalue weighted by molar-refractivity contribution is 9.34. The van der Waals surface area contributed by atoms with Crippen LogP contribution < -0.4 is 0 Å². The standard InChI is InChI=1S/C6H2Br8/c7-3(8)1-2-4(9,10)6(13,14)5(3,11)12/h1-2H. The maximum atomic E-state index is 3.63. The molecule has 0 saturated carbocycles.